The minimum absolute atomic E-state index is 0.231. The molecule has 0 aliphatic heterocycles. The maximum atomic E-state index is 11.6. The van der Waals surface area contributed by atoms with Gasteiger partial charge in [0.15, 0.2) is 0 Å². The number of carbonyl (C=O) groups excluding carboxylic acids is 1. The van der Waals surface area contributed by atoms with Gasteiger partial charge in [0.05, 0.1) is 5.41 Å². The molecule has 1 aromatic carbocycles. The van der Waals surface area contributed by atoms with Crippen LogP contribution in [0.4, 0.5) is 10.5 Å². The predicted octanol–water partition coefficient (Wildman–Crippen LogP) is 2.72. The van der Waals surface area contributed by atoms with Gasteiger partial charge in [-0.1, -0.05) is 25.5 Å². The summed E-state index contributed by atoms with van der Waals surface area (Å²) < 4.78 is 0. The summed E-state index contributed by atoms with van der Waals surface area (Å²) in [5.74, 6) is -0.768. The normalized spacial score (nSPS) is 15.4. The smallest absolute Gasteiger partial charge is 0.319 e. The van der Waals surface area contributed by atoms with E-state index in [1.807, 2.05) is 0 Å². The molecule has 0 unspecified atom stereocenters. The first-order valence-corrected chi connectivity index (χ1v) is 6.97. The number of unbranched alkanes of at least 4 members (excludes halogenated alkanes) is 1. The van der Waals surface area contributed by atoms with Gasteiger partial charge in [-0.15, -0.1) is 0 Å². The average Bonchev–Trinajstić information content (AvgIpc) is 3.21. The molecular formula is C15H20N2O3. The van der Waals surface area contributed by atoms with Crippen LogP contribution in [0.3, 0.4) is 0 Å². The molecule has 1 fully saturated rings. The molecule has 1 saturated carbocycles. The van der Waals surface area contributed by atoms with Crippen LogP contribution in [0.15, 0.2) is 24.3 Å². The van der Waals surface area contributed by atoms with Crippen molar-refractivity contribution in [3.63, 3.8) is 0 Å². The van der Waals surface area contributed by atoms with Gasteiger partial charge in [-0.05, 0) is 37.0 Å². The van der Waals surface area contributed by atoms with Gasteiger partial charge in [0.2, 0.25) is 0 Å². The second-order valence-corrected chi connectivity index (χ2v) is 5.20. The fourth-order valence-corrected chi connectivity index (χ4v) is 2.18. The van der Waals surface area contributed by atoms with E-state index in [1.54, 1.807) is 24.3 Å². The van der Waals surface area contributed by atoms with Crippen LogP contribution in [-0.2, 0) is 10.2 Å². The van der Waals surface area contributed by atoms with Crippen molar-refractivity contribution in [2.24, 2.45) is 0 Å². The topological polar surface area (TPSA) is 78.4 Å². The highest BCUT2D eigenvalue weighted by Gasteiger charge is 2.51. The van der Waals surface area contributed by atoms with Crippen molar-refractivity contribution < 1.29 is 14.7 Å². The summed E-state index contributed by atoms with van der Waals surface area (Å²) in [5.41, 5.74) is 0.785. The minimum atomic E-state index is -0.768. The van der Waals surface area contributed by atoms with E-state index < -0.39 is 11.4 Å². The van der Waals surface area contributed by atoms with Crippen molar-refractivity contribution in [3.8, 4) is 0 Å². The molecule has 2 rings (SSSR count). The van der Waals surface area contributed by atoms with Gasteiger partial charge in [-0.25, -0.2) is 4.79 Å². The number of hydrogen-bond donors (Lipinski definition) is 3. The number of amides is 2. The number of nitrogens with one attached hydrogen (secondary N) is 2. The molecule has 5 nitrogen and oxygen atoms in total. The molecule has 0 bridgehead atoms. The van der Waals surface area contributed by atoms with Crippen LogP contribution in [0, 0.1) is 0 Å². The summed E-state index contributed by atoms with van der Waals surface area (Å²) in [7, 11) is 0. The lowest BCUT2D eigenvalue weighted by Crippen LogP contribution is -2.29. The number of anilines is 1. The molecule has 0 atom stereocenters. The van der Waals surface area contributed by atoms with Gasteiger partial charge in [-0.3, -0.25) is 4.79 Å². The largest absolute Gasteiger partial charge is 0.481 e. The second kappa shape index (κ2) is 5.94. The molecule has 2 amide bonds. The second-order valence-electron chi connectivity index (χ2n) is 5.20. The summed E-state index contributed by atoms with van der Waals surface area (Å²) in [5, 5.41) is 14.7. The molecule has 0 saturated heterocycles. The first-order valence-electron chi connectivity index (χ1n) is 6.97. The van der Waals surface area contributed by atoms with Crippen LogP contribution in [0.25, 0.3) is 0 Å². The Kier molecular flexibility index (Phi) is 4.27. The van der Waals surface area contributed by atoms with Crippen LogP contribution < -0.4 is 10.6 Å². The number of carboxylic acids is 1. The maximum Gasteiger partial charge on any atom is 0.319 e. The number of aliphatic carboxylic acids is 1. The van der Waals surface area contributed by atoms with E-state index in [4.69, 9.17) is 0 Å². The van der Waals surface area contributed by atoms with Gasteiger partial charge in [0, 0.05) is 12.2 Å². The van der Waals surface area contributed by atoms with Crippen molar-refractivity contribution >= 4 is 17.7 Å². The molecule has 108 valence electrons. The Labute approximate surface area is 118 Å². The van der Waals surface area contributed by atoms with E-state index in [2.05, 4.69) is 17.6 Å². The number of hydrogen-bond acceptors (Lipinski definition) is 2. The first-order chi connectivity index (χ1) is 9.58. The molecule has 0 aromatic heterocycles. The maximum absolute atomic E-state index is 11.6. The van der Waals surface area contributed by atoms with Gasteiger partial charge < -0.3 is 15.7 Å². The lowest BCUT2D eigenvalue weighted by atomic mass is 9.96. The van der Waals surface area contributed by atoms with E-state index in [9.17, 15) is 14.7 Å². The van der Waals surface area contributed by atoms with Crippen molar-refractivity contribution in [2.75, 3.05) is 11.9 Å². The number of carbonyl (C=O) groups is 2. The molecule has 20 heavy (non-hydrogen) atoms. The Balaban J connectivity index is 1.92. The summed E-state index contributed by atoms with van der Waals surface area (Å²) in [6, 6.07) is 6.83. The third-order valence-corrected chi connectivity index (χ3v) is 3.67. The monoisotopic (exact) mass is 276 g/mol. The van der Waals surface area contributed by atoms with Crippen LogP contribution in [0.5, 0.6) is 0 Å². The fraction of sp³-hybridized carbons (Fsp3) is 0.467. The molecule has 1 aliphatic carbocycles. The molecule has 0 heterocycles. The van der Waals surface area contributed by atoms with Crippen LogP contribution in [0.1, 0.15) is 38.2 Å². The lowest BCUT2D eigenvalue weighted by Gasteiger charge is -2.11. The lowest BCUT2D eigenvalue weighted by molar-refractivity contribution is -0.140. The number of rotatable bonds is 6. The highest BCUT2D eigenvalue weighted by Crippen LogP contribution is 2.48. The summed E-state index contributed by atoms with van der Waals surface area (Å²) in [4.78, 5) is 22.8. The number of carboxylic acid groups (broad SMARTS) is 1. The van der Waals surface area contributed by atoms with E-state index in [0.717, 1.165) is 18.4 Å². The zero-order chi connectivity index (χ0) is 14.6. The van der Waals surface area contributed by atoms with E-state index >= 15 is 0 Å². The van der Waals surface area contributed by atoms with Crippen molar-refractivity contribution in [1.82, 2.24) is 5.32 Å². The molecule has 0 spiro atoms. The minimum Gasteiger partial charge on any atom is -0.481 e. The Morgan fingerprint density at radius 3 is 2.40 bits per heavy atom. The molecule has 3 N–H and O–H groups in total. The molecular weight excluding hydrogens is 256 g/mol. The fourth-order valence-electron chi connectivity index (χ4n) is 2.18. The average molecular weight is 276 g/mol. The van der Waals surface area contributed by atoms with Gasteiger partial charge in [0.1, 0.15) is 0 Å². The number of urea groups is 1. The Morgan fingerprint density at radius 1 is 1.25 bits per heavy atom. The van der Waals surface area contributed by atoms with Gasteiger partial charge in [-0.2, -0.15) is 0 Å². The summed E-state index contributed by atoms with van der Waals surface area (Å²) in [6.45, 7) is 2.72. The van der Waals surface area contributed by atoms with E-state index in [0.29, 0.717) is 25.1 Å². The Hall–Kier alpha value is -2.04. The SMILES string of the molecule is CCCCNC(=O)Nc1ccc(C2(C(=O)O)CC2)cc1. The van der Waals surface area contributed by atoms with E-state index in [-0.39, 0.29) is 6.03 Å². The van der Waals surface area contributed by atoms with Crippen LogP contribution in [-0.4, -0.2) is 23.7 Å². The van der Waals surface area contributed by atoms with E-state index in [1.165, 1.54) is 0 Å². The first kappa shape index (κ1) is 14.4. The summed E-state index contributed by atoms with van der Waals surface area (Å²) in [6.07, 6.45) is 3.36. The Morgan fingerprint density at radius 2 is 1.90 bits per heavy atom. The van der Waals surface area contributed by atoms with Gasteiger partial charge >= 0.3 is 12.0 Å². The molecule has 5 heteroatoms. The molecule has 1 aromatic rings. The van der Waals surface area contributed by atoms with Crippen molar-refractivity contribution in [1.29, 1.82) is 0 Å². The third-order valence-electron chi connectivity index (χ3n) is 3.67. The highest BCUT2D eigenvalue weighted by molar-refractivity contribution is 5.89. The quantitative estimate of drug-likeness (QED) is 0.699. The zero-order valence-corrected chi connectivity index (χ0v) is 11.6. The predicted molar refractivity (Wildman–Crippen MR) is 76.9 cm³/mol. The third kappa shape index (κ3) is 3.10. The molecule has 0 radical (unpaired) electrons. The number of benzene rings is 1. The standard InChI is InChI=1S/C15H20N2O3/c1-2-3-10-16-14(20)17-12-6-4-11(5-7-12)15(8-9-15)13(18)19/h4-7H,2-3,8-10H2,1H3,(H,18,19)(H2,16,17,20). The zero-order valence-electron chi connectivity index (χ0n) is 11.6. The summed E-state index contributed by atoms with van der Waals surface area (Å²) >= 11 is 0. The van der Waals surface area contributed by atoms with Crippen LogP contribution in [0.2, 0.25) is 0 Å². The molecule has 1 aliphatic rings. The highest BCUT2D eigenvalue weighted by atomic mass is 16.4. The Bertz CT molecular complexity index is 492. The van der Waals surface area contributed by atoms with Crippen molar-refractivity contribution in [3.05, 3.63) is 29.8 Å². The van der Waals surface area contributed by atoms with Crippen LogP contribution >= 0.6 is 0 Å². The van der Waals surface area contributed by atoms with Crippen molar-refractivity contribution in [2.45, 2.75) is 38.0 Å². The van der Waals surface area contributed by atoms with Gasteiger partial charge in [0.25, 0.3) is 0 Å².